The maximum atomic E-state index is 13.8. The number of anilines is 1. The maximum Gasteiger partial charge on any atom is 0.410 e. The zero-order valence-electron chi connectivity index (χ0n) is 26.6. The number of benzene rings is 3. The third kappa shape index (κ3) is 7.33. The van der Waals surface area contributed by atoms with Gasteiger partial charge in [-0.2, -0.15) is 0 Å². The van der Waals surface area contributed by atoms with Crippen molar-refractivity contribution in [2.45, 2.75) is 56.2 Å². The number of nitrogens with one attached hydrogen (secondary N) is 1. The van der Waals surface area contributed by atoms with E-state index in [2.05, 4.69) is 15.3 Å². The summed E-state index contributed by atoms with van der Waals surface area (Å²) in [5, 5.41) is 3.60. The lowest BCUT2D eigenvalue weighted by Gasteiger charge is -2.37. The summed E-state index contributed by atoms with van der Waals surface area (Å²) in [6.45, 7) is 2.60. The molecule has 2 atom stereocenters. The molecule has 6 rings (SSSR count). The van der Waals surface area contributed by atoms with Gasteiger partial charge < -0.3 is 19.7 Å². The van der Waals surface area contributed by atoms with Gasteiger partial charge in [0.1, 0.15) is 18.8 Å². The Morgan fingerprint density at radius 2 is 1.54 bits per heavy atom. The fourth-order valence-electron chi connectivity index (χ4n) is 5.83. The highest BCUT2D eigenvalue weighted by Gasteiger charge is 2.32. The highest BCUT2D eigenvalue weighted by Crippen LogP contribution is 2.31. The topological polar surface area (TPSA) is 133 Å². The number of hydrogen-bond donors (Lipinski definition) is 1. The second-order valence-electron chi connectivity index (χ2n) is 11.8. The lowest BCUT2D eigenvalue weighted by Crippen LogP contribution is -2.49. The Balaban J connectivity index is 1.26. The Morgan fingerprint density at radius 3 is 2.25 bits per heavy atom. The van der Waals surface area contributed by atoms with Crippen molar-refractivity contribution in [2.24, 2.45) is 0 Å². The number of likely N-dealkylation sites (tertiary alicyclic amines) is 1. The predicted octanol–water partition coefficient (Wildman–Crippen LogP) is 6.06. The third-order valence-electron chi connectivity index (χ3n) is 8.42. The standard InChI is InChI=1S/C36H37N5O6S/c1-26-19-20-29(22-40(26)36(43)47-24-28-14-7-3-8-15-28)39-33-32-31(35(42)46-21-11-16-27-12-5-2-6-13-27)23-41(34(32)38-25-37-33)48(44,45)30-17-9-4-10-18-30/h2-10,12-15,17-18,23,25-26,29H,11,16,19-22,24H2,1H3,(H,37,38,39)/t26-,29+/m0/s1. The number of ether oxygens (including phenoxy) is 2. The minimum absolute atomic E-state index is 0.0237. The summed E-state index contributed by atoms with van der Waals surface area (Å²) in [6, 6.07) is 27.0. The maximum absolute atomic E-state index is 13.8. The van der Waals surface area contributed by atoms with E-state index in [0.717, 1.165) is 21.5 Å². The lowest BCUT2D eigenvalue weighted by atomic mass is 9.99. The minimum atomic E-state index is -4.12. The van der Waals surface area contributed by atoms with Gasteiger partial charge in [-0.3, -0.25) is 0 Å². The smallest absolute Gasteiger partial charge is 0.410 e. The Kier molecular flexibility index (Phi) is 10.0. The first-order valence-electron chi connectivity index (χ1n) is 15.9. The molecule has 1 aliphatic heterocycles. The van der Waals surface area contributed by atoms with Gasteiger partial charge in [0, 0.05) is 24.8 Å². The van der Waals surface area contributed by atoms with Crippen LogP contribution in [-0.4, -0.2) is 64.6 Å². The molecule has 2 aromatic heterocycles. The fourth-order valence-corrected chi connectivity index (χ4v) is 7.16. The number of amides is 1. The molecule has 1 fully saturated rings. The normalized spacial score (nSPS) is 16.4. The van der Waals surface area contributed by atoms with Gasteiger partial charge in [0.2, 0.25) is 0 Å². The molecule has 5 aromatic rings. The van der Waals surface area contributed by atoms with Gasteiger partial charge in [-0.15, -0.1) is 0 Å². The average Bonchev–Trinajstić information content (AvgIpc) is 3.53. The van der Waals surface area contributed by atoms with E-state index in [1.54, 1.807) is 23.1 Å². The summed E-state index contributed by atoms with van der Waals surface area (Å²) >= 11 is 0. The molecule has 248 valence electrons. The van der Waals surface area contributed by atoms with Crippen LogP contribution in [0, 0.1) is 0 Å². The van der Waals surface area contributed by atoms with Crippen LogP contribution >= 0.6 is 0 Å². The van der Waals surface area contributed by atoms with Crippen molar-refractivity contribution in [1.29, 1.82) is 0 Å². The van der Waals surface area contributed by atoms with E-state index in [9.17, 15) is 18.0 Å². The van der Waals surface area contributed by atoms with Gasteiger partial charge in [0.25, 0.3) is 10.0 Å². The summed E-state index contributed by atoms with van der Waals surface area (Å²) in [5.41, 5.74) is 2.08. The number of fused-ring (bicyclic) bond motifs is 1. The Morgan fingerprint density at radius 1 is 0.875 bits per heavy atom. The first-order chi connectivity index (χ1) is 23.3. The molecule has 0 unspecified atom stereocenters. The van der Waals surface area contributed by atoms with Crippen LogP contribution in [0.2, 0.25) is 0 Å². The van der Waals surface area contributed by atoms with Crippen LogP contribution in [0.5, 0.6) is 0 Å². The average molecular weight is 668 g/mol. The summed E-state index contributed by atoms with van der Waals surface area (Å²) < 4.78 is 39.9. The summed E-state index contributed by atoms with van der Waals surface area (Å²) in [5.74, 6) is -0.410. The van der Waals surface area contributed by atoms with Gasteiger partial charge in [0.05, 0.1) is 22.5 Å². The highest BCUT2D eigenvalue weighted by atomic mass is 32.2. The molecule has 48 heavy (non-hydrogen) atoms. The number of aromatic nitrogens is 3. The lowest BCUT2D eigenvalue weighted by molar-refractivity contribution is 0.0502. The van der Waals surface area contributed by atoms with E-state index in [-0.39, 0.29) is 52.6 Å². The number of nitrogens with zero attached hydrogens (tertiary/aromatic N) is 4. The van der Waals surface area contributed by atoms with E-state index in [0.29, 0.717) is 25.8 Å². The predicted molar refractivity (Wildman–Crippen MR) is 181 cm³/mol. The van der Waals surface area contributed by atoms with Gasteiger partial charge in [-0.1, -0.05) is 78.9 Å². The van der Waals surface area contributed by atoms with E-state index in [1.807, 2.05) is 67.6 Å². The number of esters is 1. The molecule has 3 heterocycles. The summed E-state index contributed by atoms with van der Waals surface area (Å²) in [4.78, 5) is 37.2. The molecular formula is C36H37N5O6S. The molecule has 3 aromatic carbocycles. The van der Waals surface area contributed by atoms with Crippen LogP contribution in [-0.2, 0) is 32.5 Å². The van der Waals surface area contributed by atoms with Crippen LogP contribution in [0.25, 0.3) is 11.0 Å². The molecular weight excluding hydrogens is 630 g/mol. The second kappa shape index (κ2) is 14.7. The van der Waals surface area contributed by atoms with Crippen molar-refractivity contribution in [3.8, 4) is 0 Å². The van der Waals surface area contributed by atoms with Crippen molar-refractivity contribution < 1.29 is 27.5 Å². The molecule has 0 saturated carbocycles. The van der Waals surface area contributed by atoms with Crippen LogP contribution in [0.1, 0.15) is 47.7 Å². The largest absolute Gasteiger partial charge is 0.462 e. The van der Waals surface area contributed by atoms with Crippen molar-refractivity contribution in [3.05, 3.63) is 120 Å². The summed E-state index contributed by atoms with van der Waals surface area (Å²) in [6.07, 6.45) is 4.80. The van der Waals surface area contributed by atoms with Crippen LogP contribution in [0.4, 0.5) is 10.6 Å². The van der Waals surface area contributed by atoms with Crippen molar-refractivity contribution >= 4 is 38.9 Å². The van der Waals surface area contributed by atoms with Crippen molar-refractivity contribution in [3.63, 3.8) is 0 Å². The number of hydrogen-bond acceptors (Lipinski definition) is 9. The fraction of sp³-hybridized carbons (Fsp3) is 0.278. The van der Waals surface area contributed by atoms with Crippen molar-refractivity contribution in [2.75, 3.05) is 18.5 Å². The Bertz CT molecular complexity index is 1970. The van der Waals surface area contributed by atoms with E-state index in [1.165, 1.54) is 24.7 Å². The first kappa shape index (κ1) is 32.7. The molecule has 1 amide bonds. The number of carbonyl (C=O) groups excluding carboxylic acids is 2. The molecule has 0 radical (unpaired) electrons. The van der Waals surface area contributed by atoms with E-state index >= 15 is 0 Å². The van der Waals surface area contributed by atoms with Crippen molar-refractivity contribution in [1.82, 2.24) is 18.8 Å². The molecule has 0 spiro atoms. The molecule has 1 N–H and O–H groups in total. The van der Waals surface area contributed by atoms with Gasteiger partial charge in [-0.05, 0) is 55.9 Å². The molecule has 1 saturated heterocycles. The SMILES string of the molecule is C[C@H]1CC[C@@H](Nc2ncnc3c2c(C(=O)OCCCc2ccccc2)cn3S(=O)(=O)c2ccccc2)CN1C(=O)OCc1ccccc1. The number of carbonyl (C=O) groups is 2. The van der Waals surface area contributed by atoms with Gasteiger partial charge in [0.15, 0.2) is 5.65 Å². The van der Waals surface area contributed by atoms with Crippen LogP contribution in [0.3, 0.4) is 0 Å². The van der Waals surface area contributed by atoms with Gasteiger partial charge >= 0.3 is 12.1 Å². The quantitative estimate of drug-likeness (QED) is 0.132. The Labute approximate surface area is 279 Å². The molecule has 12 heteroatoms. The second-order valence-corrected chi connectivity index (χ2v) is 13.6. The zero-order chi connectivity index (χ0) is 33.5. The number of aryl methyl sites for hydroxylation is 1. The molecule has 11 nitrogen and oxygen atoms in total. The summed E-state index contributed by atoms with van der Waals surface area (Å²) in [7, 11) is -4.12. The molecule has 1 aliphatic rings. The zero-order valence-corrected chi connectivity index (χ0v) is 27.4. The number of rotatable bonds is 11. The van der Waals surface area contributed by atoms with Crippen LogP contribution in [0.15, 0.2) is 108 Å². The minimum Gasteiger partial charge on any atom is -0.462 e. The van der Waals surface area contributed by atoms with E-state index in [4.69, 9.17) is 9.47 Å². The molecule has 0 bridgehead atoms. The number of piperidine rings is 1. The Hall–Kier alpha value is -5.23. The van der Waals surface area contributed by atoms with E-state index < -0.39 is 22.1 Å². The first-order valence-corrected chi connectivity index (χ1v) is 17.4. The van der Waals surface area contributed by atoms with Crippen LogP contribution < -0.4 is 5.32 Å². The highest BCUT2D eigenvalue weighted by molar-refractivity contribution is 7.90. The molecule has 0 aliphatic carbocycles. The monoisotopic (exact) mass is 667 g/mol. The third-order valence-corrected chi connectivity index (χ3v) is 10.1. The van der Waals surface area contributed by atoms with Gasteiger partial charge in [-0.25, -0.2) is 31.9 Å².